The van der Waals surface area contributed by atoms with Crippen LogP contribution in [0.15, 0.2) is 42.7 Å². The molecule has 0 radical (unpaired) electrons. The van der Waals surface area contributed by atoms with Gasteiger partial charge in [-0.05, 0) is 38.1 Å². The Bertz CT molecular complexity index is 1600. The first-order valence-electron chi connectivity index (χ1n) is 11.8. The molecule has 3 heterocycles. The van der Waals surface area contributed by atoms with Crippen molar-refractivity contribution in [1.82, 2.24) is 20.3 Å². The predicted octanol–water partition coefficient (Wildman–Crippen LogP) is 4.91. The molecule has 0 aliphatic carbocycles. The third-order valence-corrected chi connectivity index (χ3v) is 6.87. The van der Waals surface area contributed by atoms with Crippen molar-refractivity contribution in [2.75, 3.05) is 29.9 Å². The van der Waals surface area contributed by atoms with Gasteiger partial charge in [-0.1, -0.05) is 11.6 Å². The molecule has 1 saturated heterocycles. The van der Waals surface area contributed by atoms with Crippen LogP contribution >= 0.6 is 11.6 Å². The second-order valence-electron chi connectivity index (χ2n) is 8.99. The lowest BCUT2D eigenvalue weighted by Crippen LogP contribution is -2.48. The maximum Gasteiger partial charge on any atom is 0.239 e. The SMILES string of the molecule is Cc1nc2cc(F)c(-c3cnc(N4CCNC(=O)C4)nc3)cc2c(N[C@H](C)c2cc(C#N)ccc2F)c1Cl. The van der Waals surface area contributed by atoms with Gasteiger partial charge in [0, 0.05) is 53.6 Å². The zero-order valence-electron chi connectivity index (χ0n) is 20.5. The van der Waals surface area contributed by atoms with Crippen LogP contribution in [0.3, 0.4) is 0 Å². The van der Waals surface area contributed by atoms with Gasteiger partial charge in [0.2, 0.25) is 11.9 Å². The Labute approximate surface area is 222 Å². The van der Waals surface area contributed by atoms with E-state index in [1.807, 2.05) is 6.07 Å². The van der Waals surface area contributed by atoms with E-state index < -0.39 is 17.7 Å². The number of nitrogens with zero attached hydrogens (tertiary/aromatic N) is 5. The highest BCUT2D eigenvalue weighted by Crippen LogP contribution is 2.38. The average Bonchev–Trinajstić information content (AvgIpc) is 2.91. The number of benzene rings is 2. The summed E-state index contributed by atoms with van der Waals surface area (Å²) in [6.07, 6.45) is 3.00. The summed E-state index contributed by atoms with van der Waals surface area (Å²) in [4.78, 5) is 26.6. The number of aryl methyl sites for hydroxylation is 1. The fourth-order valence-corrected chi connectivity index (χ4v) is 4.62. The van der Waals surface area contributed by atoms with E-state index >= 15 is 4.39 Å². The molecule has 1 aliphatic rings. The molecule has 192 valence electrons. The van der Waals surface area contributed by atoms with E-state index in [1.54, 1.807) is 24.8 Å². The van der Waals surface area contributed by atoms with Crippen molar-refractivity contribution in [2.45, 2.75) is 19.9 Å². The summed E-state index contributed by atoms with van der Waals surface area (Å²) >= 11 is 6.63. The van der Waals surface area contributed by atoms with Crippen molar-refractivity contribution in [1.29, 1.82) is 5.26 Å². The van der Waals surface area contributed by atoms with Gasteiger partial charge in [-0.2, -0.15) is 5.26 Å². The van der Waals surface area contributed by atoms with Crippen LogP contribution in [0.1, 0.15) is 29.8 Å². The van der Waals surface area contributed by atoms with Crippen LogP contribution in [0.4, 0.5) is 20.4 Å². The summed E-state index contributed by atoms with van der Waals surface area (Å²) in [7, 11) is 0. The maximum absolute atomic E-state index is 15.2. The number of hydrogen-bond acceptors (Lipinski definition) is 7. The zero-order chi connectivity index (χ0) is 27.0. The molecular weight excluding hydrogens is 512 g/mol. The number of nitriles is 1. The van der Waals surface area contributed by atoms with E-state index in [-0.39, 0.29) is 18.0 Å². The highest BCUT2D eigenvalue weighted by molar-refractivity contribution is 6.35. The van der Waals surface area contributed by atoms with Crippen molar-refractivity contribution in [3.8, 4) is 17.2 Å². The lowest BCUT2D eigenvalue weighted by Gasteiger charge is -2.26. The van der Waals surface area contributed by atoms with Crippen molar-refractivity contribution in [3.05, 3.63) is 76.2 Å². The van der Waals surface area contributed by atoms with Crippen molar-refractivity contribution < 1.29 is 13.6 Å². The minimum absolute atomic E-state index is 0.113. The number of piperazine rings is 1. The molecule has 8 nitrogen and oxygen atoms in total. The Morgan fingerprint density at radius 2 is 1.95 bits per heavy atom. The van der Waals surface area contributed by atoms with Crippen LogP contribution in [-0.4, -0.2) is 40.5 Å². The van der Waals surface area contributed by atoms with Gasteiger partial charge in [-0.25, -0.2) is 18.7 Å². The Morgan fingerprint density at radius 3 is 2.66 bits per heavy atom. The lowest BCUT2D eigenvalue weighted by molar-refractivity contribution is -0.120. The average molecular weight is 534 g/mol. The molecule has 0 saturated carbocycles. The monoisotopic (exact) mass is 533 g/mol. The van der Waals surface area contributed by atoms with Gasteiger partial charge in [0.15, 0.2) is 0 Å². The van der Waals surface area contributed by atoms with Crippen LogP contribution in [-0.2, 0) is 4.79 Å². The predicted molar refractivity (Wildman–Crippen MR) is 141 cm³/mol. The second-order valence-corrected chi connectivity index (χ2v) is 9.37. The molecule has 38 heavy (non-hydrogen) atoms. The maximum atomic E-state index is 15.2. The van der Waals surface area contributed by atoms with E-state index in [4.69, 9.17) is 11.6 Å². The van der Waals surface area contributed by atoms with Gasteiger partial charge in [0.05, 0.1) is 46.1 Å². The second kappa shape index (κ2) is 10.2. The summed E-state index contributed by atoms with van der Waals surface area (Å²) < 4.78 is 29.8. The van der Waals surface area contributed by atoms with E-state index in [2.05, 4.69) is 25.6 Å². The minimum Gasteiger partial charge on any atom is -0.377 e. The molecule has 1 atom stereocenters. The number of carbonyl (C=O) groups excluding carboxylic acids is 1. The molecule has 0 bridgehead atoms. The van der Waals surface area contributed by atoms with E-state index in [0.717, 1.165) is 0 Å². The van der Waals surface area contributed by atoms with Crippen LogP contribution in [0.25, 0.3) is 22.0 Å². The first-order valence-corrected chi connectivity index (χ1v) is 12.2. The van der Waals surface area contributed by atoms with E-state index in [0.29, 0.717) is 63.0 Å². The molecule has 2 aromatic heterocycles. The number of hydrogen-bond donors (Lipinski definition) is 2. The van der Waals surface area contributed by atoms with Gasteiger partial charge in [-0.15, -0.1) is 0 Å². The first kappa shape index (κ1) is 25.3. The van der Waals surface area contributed by atoms with Crippen LogP contribution < -0.4 is 15.5 Å². The fourth-order valence-electron chi connectivity index (χ4n) is 4.42. The van der Waals surface area contributed by atoms with Gasteiger partial charge in [-0.3, -0.25) is 9.78 Å². The number of rotatable bonds is 5. The molecule has 2 aromatic carbocycles. The van der Waals surface area contributed by atoms with Gasteiger partial charge in [0.25, 0.3) is 0 Å². The number of fused-ring (bicyclic) bond motifs is 1. The number of halogens is 3. The zero-order valence-corrected chi connectivity index (χ0v) is 21.3. The Kier molecular flexibility index (Phi) is 6.78. The van der Waals surface area contributed by atoms with Crippen LogP contribution in [0.5, 0.6) is 0 Å². The highest BCUT2D eigenvalue weighted by Gasteiger charge is 2.21. The summed E-state index contributed by atoms with van der Waals surface area (Å²) in [5.74, 6) is -0.724. The molecule has 1 fully saturated rings. The molecule has 4 aromatic rings. The number of aromatic nitrogens is 3. The summed E-state index contributed by atoms with van der Waals surface area (Å²) in [6.45, 7) is 4.67. The van der Waals surface area contributed by atoms with E-state index in [1.165, 1.54) is 36.7 Å². The molecule has 0 unspecified atom stereocenters. The van der Waals surface area contributed by atoms with Crippen LogP contribution in [0, 0.1) is 29.9 Å². The lowest BCUT2D eigenvalue weighted by atomic mass is 10.0. The molecule has 11 heteroatoms. The number of amides is 1. The standard InChI is InChI=1S/C27H22ClF2N7O/c1-14(18-7-16(10-31)3-4-21(18)29)36-26-20-8-19(22(30)9-23(20)35-15(2)25(26)28)17-11-33-27(34-12-17)37-6-5-32-24(38)13-37/h3-4,7-9,11-12,14H,5-6,13H2,1-2H3,(H,32,38)(H,35,36)/t14-/m1/s1. The Balaban J connectivity index is 1.54. The third-order valence-electron chi connectivity index (χ3n) is 6.40. The molecule has 0 spiro atoms. The first-order chi connectivity index (χ1) is 18.2. The van der Waals surface area contributed by atoms with Gasteiger partial charge < -0.3 is 15.5 Å². The molecule has 2 N–H and O–H groups in total. The number of pyridine rings is 1. The molecular formula is C27H22ClF2N7O. The van der Waals surface area contributed by atoms with Gasteiger partial charge in [0.1, 0.15) is 11.6 Å². The summed E-state index contributed by atoms with van der Waals surface area (Å²) in [6, 6.07) is 8.50. The third kappa shape index (κ3) is 4.80. The largest absolute Gasteiger partial charge is 0.377 e. The topological polar surface area (TPSA) is 107 Å². The quantitative estimate of drug-likeness (QED) is 0.375. The van der Waals surface area contributed by atoms with Crippen molar-refractivity contribution >= 4 is 40.0 Å². The molecule has 1 aliphatic heterocycles. The molecule has 1 amide bonds. The fraction of sp³-hybridized carbons (Fsp3) is 0.222. The summed E-state index contributed by atoms with van der Waals surface area (Å²) in [5.41, 5.74) is 2.59. The number of anilines is 2. The van der Waals surface area contributed by atoms with Gasteiger partial charge >= 0.3 is 0 Å². The molecule has 5 rings (SSSR count). The highest BCUT2D eigenvalue weighted by atomic mass is 35.5. The van der Waals surface area contributed by atoms with Crippen LogP contribution in [0.2, 0.25) is 5.02 Å². The minimum atomic E-state index is -0.566. The smallest absolute Gasteiger partial charge is 0.239 e. The van der Waals surface area contributed by atoms with Crippen molar-refractivity contribution in [2.24, 2.45) is 0 Å². The number of carbonyl (C=O) groups is 1. The number of nitrogens with one attached hydrogen (secondary N) is 2. The Hall–Kier alpha value is -4.36. The van der Waals surface area contributed by atoms with E-state index in [9.17, 15) is 14.4 Å². The van der Waals surface area contributed by atoms with Crippen molar-refractivity contribution in [3.63, 3.8) is 0 Å². The normalized spacial score (nSPS) is 14.2. The summed E-state index contributed by atoms with van der Waals surface area (Å²) in [5, 5.41) is 16.0. The Morgan fingerprint density at radius 1 is 1.18 bits per heavy atom.